The second-order valence-corrected chi connectivity index (χ2v) is 3.35. The van der Waals surface area contributed by atoms with Crippen LogP contribution in [0.4, 0.5) is 5.82 Å². The van der Waals surface area contributed by atoms with Gasteiger partial charge >= 0.3 is 0 Å². The van der Waals surface area contributed by atoms with Crippen molar-refractivity contribution in [1.82, 2.24) is 15.2 Å². The molecule has 0 unspecified atom stereocenters. The number of nitrogens with zero attached hydrogens (tertiary/aromatic N) is 3. The molecular weight excluding hydrogens is 164 g/mol. The lowest BCUT2D eigenvalue weighted by molar-refractivity contribution is 1.02. The standard InChI is InChI=1S/C9H12N4/c1-6-4-7-8(10-5-6)11-12-9(7)13(2)3/h4-5H,1-3H3,(H,10,11,12). The number of fused-ring (bicyclic) bond motifs is 1. The van der Waals surface area contributed by atoms with E-state index in [-0.39, 0.29) is 0 Å². The zero-order valence-electron chi connectivity index (χ0n) is 8.00. The van der Waals surface area contributed by atoms with E-state index in [4.69, 9.17) is 0 Å². The summed E-state index contributed by atoms with van der Waals surface area (Å²) in [5.41, 5.74) is 1.99. The molecule has 4 nitrogen and oxygen atoms in total. The van der Waals surface area contributed by atoms with Gasteiger partial charge < -0.3 is 4.90 Å². The first-order valence-corrected chi connectivity index (χ1v) is 4.16. The first kappa shape index (κ1) is 8.04. The molecule has 0 aliphatic carbocycles. The van der Waals surface area contributed by atoms with Gasteiger partial charge in [-0.15, -0.1) is 0 Å². The molecular formula is C9H12N4. The monoisotopic (exact) mass is 176 g/mol. The van der Waals surface area contributed by atoms with Crippen LogP contribution in [0.2, 0.25) is 0 Å². The van der Waals surface area contributed by atoms with Crippen molar-refractivity contribution in [3.63, 3.8) is 0 Å². The van der Waals surface area contributed by atoms with Crippen LogP contribution in [0.5, 0.6) is 0 Å². The summed E-state index contributed by atoms with van der Waals surface area (Å²) in [5, 5.41) is 8.14. The third-order valence-electron chi connectivity index (χ3n) is 1.96. The fourth-order valence-electron chi connectivity index (χ4n) is 1.34. The van der Waals surface area contributed by atoms with E-state index < -0.39 is 0 Å². The number of aromatic amines is 1. The highest BCUT2D eigenvalue weighted by Gasteiger charge is 2.07. The Hall–Kier alpha value is -1.58. The lowest BCUT2D eigenvalue weighted by Crippen LogP contribution is -2.09. The second-order valence-electron chi connectivity index (χ2n) is 3.35. The molecule has 2 aromatic rings. The maximum absolute atomic E-state index is 4.24. The van der Waals surface area contributed by atoms with Crippen molar-refractivity contribution < 1.29 is 0 Å². The molecule has 13 heavy (non-hydrogen) atoms. The summed E-state index contributed by atoms with van der Waals surface area (Å²) in [6.07, 6.45) is 1.83. The molecule has 0 bridgehead atoms. The molecule has 68 valence electrons. The summed E-state index contributed by atoms with van der Waals surface area (Å²) in [5.74, 6) is 0.936. The lowest BCUT2D eigenvalue weighted by atomic mass is 10.2. The second kappa shape index (κ2) is 2.73. The fourth-order valence-corrected chi connectivity index (χ4v) is 1.34. The van der Waals surface area contributed by atoms with Gasteiger partial charge in [0, 0.05) is 20.3 Å². The molecule has 0 amide bonds. The normalized spacial score (nSPS) is 10.7. The minimum atomic E-state index is 0.842. The zero-order valence-corrected chi connectivity index (χ0v) is 8.00. The van der Waals surface area contributed by atoms with Crippen molar-refractivity contribution in [3.8, 4) is 0 Å². The molecule has 0 aliphatic heterocycles. The molecule has 0 aromatic carbocycles. The number of anilines is 1. The Morgan fingerprint density at radius 2 is 2.15 bits per heavy atom. The Morgan fingerprint density at radius 1 is 1.38 bits per heavy atom. The number of pyridine rings is 1. The largest absolute Gasteiger partial charge is 0.361 e. The molecule has 0 atom stereocenters. The number of hydrogen-bond acceptors (Lipinski definition) is 3. The third-order valence-corrected chi connectivity index (χ3v) is 1.96. The van der Waals surface area contributed by atoms with Crippen LogP contribution in [0.25, 0.3) is 11.0 Å². The van der Waals surface area contributed by atoms with Gasteiger partial charge in [-0.05, 0) is 18.6 Å². The number of rotatable bonds is 1. The van der Waals surface area contributed by atoms with Gasteiger partial charge in [-0.2, -0.15) is 5.10 Å². The number of H-pyrrole nitrogens is 1. The summed E-state index contributed by atoms with van der Waals surface area (Å²) in [4.78, 5) is 6.21. The number of hydrogen-bond donors (Lipinski definition) is 1. The maximum Gasteiger partial charge on any atom is 0.159 e. The van der Waals surface area contributed by atoms with Crippen molar-refractivity contribution in [1.29, 1.82) is 0 Å². The minimum Gasteiger partial charge on any atom is -0.361 e. The molecule has 0 saturated heterocycles. The van der Waals surface area contributed by atoms with Crippen LogP contribution < -0.4 is 4.90 Å². The van der Waals surface area contributed by atoms with Crippen molar-refractivity contribution in [2.24, 2.45) is 0 Å². The number of aromatic nitrogens is 3. The topological polar surface area (TPSA) is 44.8 Å². The Labute approximate surface area is 76.6 Å². The summed E-state index contributed by atoms with van der Waals surface area (Å²) < 4.78 is 0. The molecule has 2 heterocycles. The third kappa shape index (κ3) is 1.24. The molecule has 0 spiro atoms. The SMILES string of the molecule is Cc1cnc2[nH]nc(N(C)C)c2c1. The Kier molecular flexibility index (Phi) is 1.69. The van der Waals surface area contributed by atoms with Crippen LogP contribution >= 0.6 is 0 Å². The Bertz CT molecular complexity index is 430. The number of aryl methyl sites for hydroxylation is 1. The molecule has 2 rings (SSSR count). The highest BCUT2D eigenvalue weighted by Crippen LogP contribution is 2.21. The van der Waals surface area contributed by atoms with Crippen LogP contribution in [0.1, 0.15) is 5.56 Å². The smallest absolute Gasteiger partial charge is 0.159 e. The van der Waals surface area contributed by atoms with E-state index in [1.165, 1.54) is 0 Å². The quantitative estimate of drug-likeness (QED) is 0.713. The molecule has 0 saturated carbocycles. The summed E-state index contributed by atoms with van der Waals surface area (Å²) >= 11 is 0. The van der Waals surface area contributed by atoms with Crippen LogP contribution in [-0.4, -0.2) is 29.3 Å². The van der Waals surface area contributed by atoms with Gasteiger partial charge in [-0.25, -0.2) is 4.98 Å². The van der Waals surface area contributed by atoms with E-state index in [2.05, 4.69) is 21.2 Å². The van der Waals surface area contributed by atoms with Crippen LogP contribution in [0, 0.1) is 6.92 Å². The molecule has 0 radical (unpaired) electrons. The van der Waals surface area contributed by atoms with E-state index in [1.807, 2.05) is 32.1 Å². The van der Waals surface area contributed by atoms with Crippen LogP contribution in [0.3, 0.4) is 0 Å². The van der Waals surface area contributed by atoms with Gasteiger partial charge in [0.05, 0.1) is 5.39 Å². The van der Waals surface area contributed by atoms with E-state index in [0.29, 0.717) is 0 Å². The average Bonchev–Trinajstić information content (AvgIpc) is 2.46. The highest BCUT2D eigenvalue weighted by molar-refractivity contribution is 5.87. The van der Waals surface area contributed by atoms with Crippen molar-refractivity contribution >= 4 is 16.9 Å². The zero-order chi connectivity index (χ0) is 9.42. The van der Waals surface area contributed by atoms with Crippen molar-refractivity contribution in [2.45, 2.75) is 6.92 Å². The summed E-state index contributed by atoms with van der Waals surface area (Å²) in [6.45, 7) is 2.03. The first-order valence-electron chi connectivity index (χ1n) is 4.16. The first-order chi connectivity index (χ1) is 6.18. The predicted octanol–water partition coefficient (Wildman–Crippen LogP) is 1.33. The lowest BCUT2D eigenvalue weighted by Gasteiger charge is -2.07. The van der Waals surface area contributed by atoms with E-state index >= 15 is 0 Å². The predicted molar refractivity (Wildman–Crippen MR) is 53.0 cm³/mol. The Morgan fingerprint density at radius 3 is 2.85 bits per heavy atom. The van der Waals surface area contributed by atoms with Gasteiger partial charge in [0.15, 0.2) is 11.5 Å². The van der Waals surface area contributed by atoms with Gasteiger partial charge in [0.1, 0.15) is 0 Å². The van der Waals surface area contributed by atoms with Crippen molar-refractivity contribution in [2.75, 3.05) is 19.0 Å². The maximum atomic E-state index is 4.24. The fraction of sp³-hybridized carbons (Fsp3) is 0.333. The van der Waals surface area contributed by atoms with E-state index in [1.54, 1.807) is 0 Å². The van der Waals surface area contributed by atoms with Gasteiger partial charge in [-0.3, -0.25) is 5.10 Å². The minimum absolute atomic E-state index is 0.842. The molecule has 4 heteroatoms. The molecule has 1 N–H and O–H groups in total. The van der Waals surface area contributed by atoms with E-state index in [9.17, 15) is 0 Å². The average molecular weight is 176 g/mol. The van der Waals surface area contributed by atoms with Crippen LogP contribution in [0.15, 0.2) is 12.3 Å². The summed E-state index contributed by atoms with van der Waals surface area (Å²) in [7, 11) is 3.94. The van der Waals surface area contributed by atoms with Gasteiger partial charge in [-0.1, -0.05) is 0 Å². The Balaban J connectivity index is 2.71. The van der Waals surface area contributed by atoms with Gasteiger partial charge in [0.25, 0.3) is 0 Å². The molecule has 2 aromatic heterocycles. The number of nitrogens with one attached hydrogen (secondary N) is 1. The van der Waals surface area contributed by atoms with Crippen molar-refractivity contribution in [3.05, 3.63) is 17.8 Å². The molecule has 0 fully saturated rings. The summed E-state index contributed by atoms with van der Waals surface area (Å²) in [6, 6.07) is 2.08. The van der Waals surface area contributed by atoms with E-state index in [0.717, 1.165) is 22.4 Å². The van der Waals surface area contributed by atoms with Gasteiger partial charge in [0.2, 0.25) is 0 Å². The highest BCUT2D eigenvalue weighted by atomic mass is 15.3. The molecule has 0 aliphatic rings. The van der Waals surface area contributed by atoms with Crippen LogP contribution in [-0.2, 0) is 0 Å².